The number of ether oxygens (including phenoxy) is 2. The molecule has 17 heavy (non-hydrogen) atoms. The Morgan fingerprint density at radius 2 is 1.59 bits per heavy atom. The molecule has 0 aromatic heterocycles. The van der Waals surface area contributed by atoms with Gasteiger partial charge in [-0.1, -0.05) is 0 Å². The molecular weight excluding hydrogens is 218 g/mol. The van der Waals surface area contributed by atoms with E-state index in [0.29, 0.717) is 0 Å². The van der Waals surface area contributed by atoms with Crippen molar-refractivity contribution >= 4 is 5.97 Å². The summed E-state index contributed by atoms with van der Waals surface area (Å²) in [6.45, 7) is 19.8. The minimum Gasteiger partial charge on any atom is -0.454 e. The van der Waals surface area contributed by atoms with Gasteiger partial charge in [-0.15, -0.1) is 0 Å². The Hall–Kier alpha value is -1.08. The van der Waals surface area contributed by atoms with Gasteiger partial charge in [0.15, 0.2) is 0 Å². The maximum atomic E-state index is 11.8. The van der Waals surface area contributed by atoms with Crippen LogP contribution in [0, 0.1) is 6.57 Å². The maximum Gasteiger partial charge on any atom is 0.393 e. The summed E-state index contributed by atoms with van der Waals surface area (Å²) in [7, 11) is 0. The van der Waals surface area contributed by atoms with E-state index < -0.39 is 23.7 Å². The molecule has 0 amide bonds. The molecule has 0 rings (SSSR count). The number of carbonyl (C=O) groups excluding carboxylic acids is 1. The van der Waals surface area contributed by atoms with E-state index in [9.17, 15) is 4.79 Å². The third-order valence-electron chi connectivity index (χ3n) is 1.77. The highest BCUT2D eigenvalue weighted by molar-refractivity contribution is 5.78. The molecule has 0 saturated heterocycles. The van der Waals surface area contributed by atoms with Gasteiger partial charge in [-0.25, -0.2) is 11.4 Å². The predicted molar refractivity (Wildman–Crippen MR) is 66.5 cm³/mol. The first-order valence-electron chi connectivity index (χ1n) is 5.73. The summed E-state index contributed by atoms with van der Waals surface area (Å²) in [5, 5.41) is 0. The molecule has 0 heterocycles. The van der Waals surface area contributed by atoms with Crippen LogP contribution in [-0.2, 0) is 14.3 Å². The Labute approximate surface area is 104 Å². The van der Waals surface area contributed by atoms with Crippen molar-refractivity contribution in [2.45, 2.75) is 71.8 Å². The number of hydrogen-bond acceptors (Lipinski definition) is 3. The molecule has 4 nitrogen and oxygen atoms in total. The zero-order valence-corrected chi connectivity index (χ0v) is 11.8. The highest BCUT2D eigenvalue weighted by Gasteiger charge is 2.37. The Morgan fingerprint density at radius 1 is 1.12 bits per heavy atom. The normalized spacial score (nSPS) is 15.9. The number of hydrogen-bond donors (Lipinski definition) is 0. The lowest BCUT2D eigenvalue weighted by molar-refractivity contribution is -0.160. The minimum atomic E-state index is -0.909. The summed E-state index contributed by atoms with van der Waals surface area (Å²) >= 11 is 0. The Kier molecular flexibility index (Phi) is 5.15. The third-order valence-corrected chi connectivity index (χ3v) is 1.77. The van der Waals surface area contributed by atoms with Crippen molar-refractivity contribution in [3.05, 3.63) is 11.4 Å². The van der Waals surface area contributed by atoms with Crippen LogP contribution in [0.2, 0.25) is 0 Å². The summed E-state index contributed by atoms with van der Waals surface area (Å²) in [6, 6.07) is -0.909. The highest BCUT2D eigenvalue weighted by Crippen LogP contribution is 2.18. The topological polar surface area (TPSA) is 39.9 Å². The van der Waals surface area contributed by atoms with Gasteiger partial charge in [0, 0.05) is 0 Å². The molecule has 0 radical (unpaired) electrons. The lowest BCUT2D eigenvalue weighted by atomic mass is 10.1. The molecule has 2 atom stereocenters. The van der Waals surface area contributed by atoms with Crippen molar-refractivity contribution < 1.29 is 14.3 Å². The summed E-state index contributed by atoms with van der Waals surface area (Å²) in [5.74, 6) is -0.524. The standard InChI is InChI=1S/C13H23NO3/c1-9(16-12(2,3)4)10(14-8)11(15)17-13(5,6)7/h9-10H,1-7H3. The van der Waals surface area contributed by atoms with Crippen molar-refractivity contribution in [2.24, 2.45) is 0 Å². The molecule has 0 spiro atoms. The Bertz CT molecular complexity index is 304. The average molecular weight is 241 g/mol. The first-order chi connectivity index (χ1) is 7.46. The van der Waals surface area contributed by atoms with Crippen LogP contribution >= 0.6 is 0 Å². The fourth-order valence-corrected chi connectivity index (χ4v) is 1.33. The van der Waals surface area contributed by atoms with Crippen LogP contribution in [0.25, 0.3) is 4.85 Å². The van der Waals surface area contributed by atoms with Gasteiger partial charge >= 0.3 is 12.0 Å². The summed E-state index contributed by atoms with van der Waals surface area (Å²) < 4.78 is 10.8. The molecule has 0 saturated carbocycles. The Balaban J connectivity index is 4.64. The summed E-state index contributed by atoms with van der Waals surface area (Å²) in [5.41, 5.74) is -0.966. The van der Waals surface area contributed by atoms with E-state index in [1.165, 1.54) is 0 Å². The summed E-state index contributed by atoms with van der Waals surface area (Å²) in [4.78, 5) is 15.1. The average Bonchev–Trinajstić information content (AvgIpc) is 1.96. The van der Waals surface area contributed by atoms with E-state index in [1.807, 2.05) is 20.8 Å². The largest absolute Gasteiger partial charge is 0.454 e. The lowest BCUT2D eigenvalue weighted by Crippen LogP contribution is -2.40. The van der Waals surface area contributed by atoms with Crippen molar-refractivity contribution in [1.29, 1.82) is 0 Å². The zero-order chi connectivity index (χ0) is 13.9. The van der Waals surface area contributed by atoms with Crippen LogP contribution in [0.3, 0.4) is 0 Å². The first-order valence-corrected chi connectivity index (χ1v) is 5.73. The van der Waals surface area contributed by atoms with Crippen LogP contribution in [0.1, 0.15) is 48.5 Å². The van der Waals surface area contributed by atoms with Crippen LogP contribution in [-0.4, -0.2) is 29.3 Å². The van der Waals surface area contributed by atoms with Crippen LogP contribution in [0.15, 0.2) is 0 Å². The smallest absolute Gasteiger partial charge is 0.393 e. The van der Waals surface area contributed by atoms with Gasteiger partial charge in [-0.3, -0.25) is 4.85 Å². The Morgan fingerprint density at radius 3 is 1.88 bits per heavy atom. The minimum absolute atomic E-state index is 0.385. The highest BCUT2D eigenvalue weighted by atomic mass is 16.6. The number of rotatable bonds is 3. The molecule has 2 unspecified atom stereocenters. The van der Waals surface area contributed by atoms with Crippen LogP contribution < -0.4 is 0 Å². The molecule has 4 heteroatoms. The number of esters is 1. The van der Waals surface area contributed by atoms with Gasteiger partial charge in [-0.2, -0.15) is 0 Å². The SMILES string of the molecule is [C-]#[N+]C(C(=O)OC(C)(C)C)C(C)OC(C)(C)C. The molecule has 98 valence electrons. The fourth-order valence-electron chi connectivity index (χ4n) is 1.33. The molecule has 0 aromatic carbocycles. The van der Waals surface area contributed by atoms with Gasteiger partial charge in [0.25, 0.3) is 0 Å². The molecule has 0 aliphatic heterocycles. The molecule has 0 bridgehead atoms. The second kappa shape index (κ2) is 5.50. The first kappa shape index (κ1) is 15.9. The number of carbonyl (C=O) groups is 1. The molecule has 0 aromatic rings. The fraction of sp³-hybridized carbons (Fsp3) is 0.846. The van der Waals surface area contributed by atoms with E-state index in [1.54, 1.807) is 27.7 Å². The van der Waals surface area contributed by atoms with E-state index in [2.05, 4.69) is 4.85 Å². The molecular formula is C13H23NO3. The molecule has 0 fully saturated rings. The van der Waals surface area contributed by atoms with Crippen molar-refractivity contribution in [3.63, 3.8) is 0 Å². The van der Waals surface area contributed by atoms with Gasteiger partial charge < -0.3 is 9.47 Å². The third kappa shape index (κ3) is 6.96. The van der Waals surface area contributed by atoms with Crippen LogP contribution in [0.5, 0.6) is 0 Å². The van der Waals surface area contributed by atoms with Crippen molar-refractivity contribution in [3.8, 4) is 0 Å². The van der Waals surface area contributed by atoms with Gasteiger partial charge in [0.2, 0.25) is 0 Å². The van der Waals surface area contributed by atoms with E-state index in [4.69, 9.17) is 16.0 Å². The monoisotopic (exact) mass is 241 g/mol. The summed E-state index contributed by atoms with van der Waals surface area (Å²) in [6.07, 6.45) is -0.484. The van der Waals surface area contributed by atoms with E-state index in [0.717, 1.165) is 0 Å². The molecule has 0 aliphatic carbocycles. The molecule has 0 aliphatic rings. The second-order valence-electron chi connectivity index (χ2n) is 6.04. The van der Waals surface area contributed by atoms with Crippen molar-refractivity contribution in [2.75, 3.05) is 0 Å². The van der Waals surface area contributed by atoms with Crippen LogP contribution in [0.4, 0.5) is 0 Å². The predicted octanol–water partition coefficient (Wildman–Crippen LogP) is 2.82. The quantitative estimate of drug-likeness (QED) is 0.563. The van der Waals surface area contributed by atoms with Crippen molar-refractivity contribution in [1.82, 2.24) is 0 Å². The molecule has 0 N–H and O–H groups in total. The lowest BCUT2D eigenvalue weighted by Gasteiger charge is -2.26. The van der Waals surface area contributed by atoms with E-state index in [-0.39, 0.29) is 5.60 Å². The zero-order valence-electron chi connectivity index (χ0n) is 11.8. The number of nitrogens with zero attached hydrogens (tertiary/aromatic N) is 1. The maximum absolute atomic E-state index is 11.8. The van der Waals surface area contributed by atoms with Gasteiger partial charge in [0.05, 0.1) is 5.60 Å². The van der Waals surface area contributed by atoms with Gasteiger partial charge in [0.1, 0.15) is 11.7 Å². The van der Waals surface area contributed by atoms with E-state index >= 15 is 0 Å². The second-order valence-corrected chi connectivity index (χ2v) is 6.04. The van der Waals surface area contributed by atoms with Gasteiger partial charge in [-0.05, 0) is 48.5 Å².